The fraction of sp³-hybridized carbons (Fsp3) is 0.269. The molecule has 0 aromatic heterocycles. The van der Waals surface area contributed by atoms with Gasteiger partial charge >= 0.3 is 5.97 Å². The quantitative estimate of drug-likeness (QED) is 0.473. The van der Waals surface area contributed by atoms with Crippen LogP contribution in [0.3, 0.4) is 0 Å². The van der Waals surface area contributed by atoms with E-state index in [1.165, 1.54) is 11.1 Å². The smallest absolute Gasteiger partial charge is 0.340 e. The molecule has 2 aliphatic rings. The molecular weight excluding hydrogens is 360 g/mol. The summed E-state index contributed by atoms with van der Waals surface area (Å²) in [6, 6.07) is 20.2. The zero-order valence-electron chi connectivity index (χ0n) is 17.2. The molecule has 0 saturated carbocycles. The summed E-state index contributed by atoms with van der Waals surface area (Å²) >= 11 is 0. The molecule has 0 radical (unpaired) electrons. The van der Waals surface area contributed by atoms with Crippen LogP contribution in [0, 0.1) is 0 Å². The normalized spacial score (nSPS) is 15.7. The molecule has 0 fully saturated rings. The van der Waals surface area contributed by atoms with Gasteiger partial charge in [-0.2, -0.15) is 0 Å². The van der Waals surface area contributed by atoms with Crippen molar-refractivity contribution < 1.29 is 14.3 Å². The summed E-state index contributed by atoms with van der Waals surface area (Å²) in [6.45, 7) is 8.65. The number of esters is 1. The van der Waals surface area contributed by atoms with Gasteiger partial charge in [0, 0.05) is 16.7 Å². The first-order valence-electron chi connectivity index (χ1n) is 10.2. The average Bonchev–Trinajstić information content (AvgIpc) is 3.01. The molecule has 0 atom stereocenters. The van der Waals surface area contributed by atoms with E-state index in [1.54, 1.807) is 0 Å². The van der Waals surface area contributed by atoms with Crippen LogP contribution in [0.4, 0.5) is 0 Å². The van der Waals surface area contributed by atoms with E-state index in [4.69, 9.17) is 9.47 Å². The number of benzene rings is 3. The van der Waals surface area contributed by atoms with Gasteiger partial charge in [0.05, 0.1) is 5.56 Å². The van der Waals surface area contributed by atoms with Crippen LogP contribution in [0.15, 0.2) is 60.7 Å². The summed E-state index contributed by atoms with van der Waals surface area (Å²) in [7, 11) is 0. The average molecular weight is 384 g/mol. The fourth-order valence-electron chi connectivity index (χ4n) is 4.43. The first kappa shape index (κ1) is 18.0. The molecule has 1 spiro atoms. The Morgan fingerprint density at radius 2 is 1.28 bits per heavy atom. The summed E-state index contributed by atoms with van der Waals surface area (Å²) in [6.07, 6.45) is 0. The second kappa shape index (κ2) is 6.21. The van der Waals surface area contributed by atoms with Gasteiger partial charge in [-0.3, -0.25) is 0 Å². The molecule has 0 amide bonds. The molecule has 146 valence electrons. The predicted molar refractivity (Wildman–Crippen MR) is 113 cm³/mol. The summed E-state index contributed by atoms with van der Waals surface area (Å²) < 4.78 is 12.6. The van der Waals surface area contributed by atoms with Crippen LogP contribution in [0.5, 0.6) is 11.5 Å². The molecule has 0 bridgehead atoms. The molecule has 3 aromatic rings. The van der Waals surface area contributed by atoms with Gasteiger partial charge in [0.25, 0.3) is 0 Å². The molecule has 0 aliphatic carbocycles. The summed E-state index contributed by atoms with van der Waals surface area (Å²) in [4.78, 5) is 12.8. The summed E-state index contributed by atoms with van der Waals surface area (Å²) in [5.74, 6) is 1.98. The van der Waals surface area contributed by atoms with Gasteiger partial charge in [0.2, 0.25) is 0 Å². The minimum Gasteiger partial charge on any atom is -0.456 e. The molecule has 0 saturated heterocycles. The molecule has 3 nitrogen and oxygen atoms in total. The van der Waals surface area contributed by atoms with Crippen molar-refractivity contribution >= 4 is 5.97 Å². The van der Waals surface area contributed by atoms with Crippen LogP contribution < -0.4 is 4.74 Å². The van der Waals surface area contributed by atoms with Crippen molar-refractivity contribution in [3.05, 3.63) is 94.0 Å². The lowest BCUT2D eigenvalue weighted by molar-refractivity contribution is 0.0224. The Balaban J connectivity index is 1.83. The van der Waals surface area contributed by atoms with E-state index in [-0.39, 0.29) is 5.97 Å². The highest BCUT2D eigenvalue weighted by Gasteiger charge is 2.53. The topological polar surface area (TPSA) is 35.5 Å². The van der Waals surface area contributed by atoms with E-state index in [1.807, 2.05) is 24.3 Å². The highest BCUT2D eigenvalue weighted by molar-refractivity contribution is 5.97. The number of hydrogen-bond acceptors (Lipinski definition) is 3. The third kappa shape index (κ3) is 2.46. The number of carbonyl (C=O) groups excluding carboxylic acids is 1. The highest BCUT2D eigenvalue weighted by Crippen LogP contribution is 2.56. The van der Waals surface area contributed by atoms with Crippen molar-refractivity contribution in [1.82, 2.24) is 0 Å². The zero-order valence-corrected chi connectivity index (χ0v) is 17.2. The maximum atomic E-state index is 12.8. The van der Waals surface area contributed by atoms with Gasteiger partial charge in [-0.05, 0) is 41.2 Å². The molecule has 3 heteroatoms. The lowest BCUT2D eigenvalue weighted by Crippen LogP contribution is -2.33. The third-order valence-electron chi connectivity index (χ3n) is 6.10. The van der Waals surface area contributed by atoms with Crippen molar-refractivity contribution in [2.75, 3.05) is 0 Å². The lowest BCUT2D eigenvalue weighted by Gasteiger charge is -2.37. The molecule has 29 heavy (non-hydrogen) atoms. The standard InChI is InChI=1S/C26H24O3/c1-15(2)17-9-11-21-23(13-17)28-24-14-18(16(3)4)10-12-22(24)26(21)20-8-6-5-7-19(20)25(27)29-26/h5-16H,1-4H3. The molecule has 5 rings (SSSR count). The van der Waals surface area contributed by atoms with Crippen LogP contribution in [-0.4, -0.2) is 5.97 Å². The van der Waals surface area contributed by atoms with E-state index in [9.17, 15) is 4.79 Å². The molecule has 3 aromatic carbocycles. The van der Waals surface area contributed by atoms with Gasteiger partial charge in [-0.1, -0.05) is 70.2 Å². The van der Waals surface area contributed by atoms with Crippen LogP contribution in [-0.2, 0) is 10.3 Å². The predicted octanol–water partition coefficient (Wildman–Crippen LogP) is 6.50. The van der Waals surface area contributed by atoms with Gasteiger partial charge in [0.1, 0.15) is 11.5 Å². The second-order valence-electron chi connectivity index (χ2n) is 8.54. The van der Waals surface area contributed by atoms with Crippen molar-refractivity contribution in [2.45, 2.75) is 45.1 Å². The molecular formula is C26H24O3. The Morgan fingerprint density at radius 1 is 0.724 bits per heavy atom. The van der Waals surface area contributed by atoms with E-state index in [0.717, 1.165) is 28.2 Å². The Labute approximate surface area is 171 Å². The molecule has 2 heterocycles. The number of fused-ring (bicyclic) bond motifs is 6. The van der Waals surface area contributed by atoms with Gasteiger partial charge in [-0.15, -0.1) is 0 Å². The van der Waals surface area contributed by atoms with Gasteiger partial charge in [-0.25, -0.2) is 4.79 Å². The SMILES string of the molecule is CC(C)c1ccc2c(c1)Oc1cc(C(C)C)ccc1C21OC(=O)c2ccccc21. The number of hydrogen-bond donors (Lipinski definition) is 0. The Kier molecular flexibility index (Phi) is 3.86. The van der Waals surface area contributed by atoms with Crippen LogP contribution >= 0.6 is 0 Å². The van der Waals surface area contributed by atoms with Crippen molar-refractivity contribution in [3.8, 4) is 11.5 Å². The van der Waals surface area contributed by atoms with Crippen LogP contribution in [0.25, 0.3) is 0 Å². The summed E-state index contributed by atoms with van der Waals surface area (Å²) in [5, 5.41) is 0. The number of ether oxygens (including phenoxy) is 2. The van der Waals surface area contributed by atoms with Gasteiger partial charge < -0.3 is 9.47 Å². The zero-order chi connectivity index (χ0) is 20.3. The minimum atomic E-state index is -0.971. The van der Waals surface area contributed by atoms with E-state index < -0.39 is 5.60 Å². The summed E-state index contributed by atoms with van der Waals surface area (Å²) in [5.41, 5.74) is 4.68. The Hall–Kier alpha value is -3.07. The van der Waals surface area contributed by atoms with Crippen molar-refractivity contribution in [3.63, 3.8) is 0 Å². The maximum absolute atomic E-state index is 12.8. The van der Waals surface area contributed by atoms with Crippen molar-refractivity contribution in [2.24, 2.45) is 0 Å². The Bertz CT molecular complexity index is 1080. The monoisotopic (exact) mass is 384 g/mol. The minimum absolute atomic E-state index is 0.291. The molecule has 0 unspecified atom stereocenters. The van der Waals surface area contributed by atoms with Crippen molar-refractivity contribution in [1.29, 1.82) is 0 Å². The first-order valence-corrected chi connectivity index (χ1v) is 10.2. The molecule has 0 N–H and O–H groups in total. The Morgan fingerprint density at radius 3 is 1.83 bits per heavy atom. The maximum Gasteiger partial charge on any atom is 0.340 e. The third-order valence-corrected chi connectivity index (χ3v) is 6.10. The van der Waals surface area contributed by atoms with Crippen LogP contribution in [0.1, 0.15) is 77.7 Å². The van der Waals surface area contributed by atoms with E-state index >= 15 is 0 Å². The highest BCUT2D eigenvalue weighted by atomic mass is 16.6. The van der Waals surface area contributed by atoms with Gasteiger partial charge in [0.15, 0.2) is 5.60 Å². The van der Waals surface area contributed by atoms with E-state index in [0.29, 0.717) is 17.4 Å². The van der Waals surface area contributed by atoms with Crippen LogP contribution in [0.2, 0.25) is 0 Å². The largest absolute Gasteiger partial charge is 0.456 e. The molecule has 2 aliphatic heterocycles. The second-order valence-corrected chi connectivity index (χ2v) is 8.54. The number of rotatable bonds is 2. The lowest BCUT2D eigenvalue weighted by atomic mass is 9.76. The van der Waals surface area contributed by atoms with E-state index in [2.05, 4.69) is 64.1 Å². The fourth-order valence-corrected chi connectivity index (χ4v) is 4.43. The number of carbonyl (C=O) groups is 1. The first-order chi connectivity index (χ1) is 13.9.